The van der Waals surface area contributed by atoms with Gasteiger partial charge in [-0.1, -0.05) is 13.8 Å². The van der Waals surface area contributed by atoms with E-state index in [4.69, 9.17) is 9.47 Å². The Morgan fingerprint density at radius 2 is 2.20 bits per heavy atom. The molecule has 1 aliphatic rings. The van der Waals surface area contributed by atoms with E-state index in [2.05, 4.69) is 19.0 Å². The third-order valence-corrected chi connectivity index (χ3v) is 3.33. The first-order valence-electron chi connectivity index (χ1n) is 6.70. The first-order chi connectivity index (χ1) is 9.66. The van der Waals surface area contributed by atoms with Crippen LogP contribution in [0.3, 0.4) is 0 Å². The lowest BCUT2D eigenvalue weighted by atomic mass is 10.3. The van der Waals surface area contributed by atoms with E-state index in [1.807, 2.05) is 13.8 Å². The van der Waals surface area contributed by atoms with Crippen molar-refractivity contribution in [3.63, 3.8) is 0 Å². The molecule has 20 heavy (non-hydrogen) atoms. The first-order valence-corrected chi connectivity index (χ1v) is 7.43. The lowest BCUT2D eigenvalue weighted by Crippen LogP contribution is -2.37. The van der Waals surface area contributed by atoms with Gasteiger partial charge in [0.1, 0.15) is 6.61 Å². The number of carbonyl (C=O) groups is 1. The molecule has 0 radical (unpaired) electrons. The summed E-state index contributed by atoms with van der Waals surface area (Å²) in [5.41, 5.74) is 0. The topological polar surface area (TPSA) is 76.6 Å². The van der Waals surface area contributed by atoms with Crippen LogP contribution in [0, 0.1) is 0 Å². The molecule has 1 fully saturated rings. The number of aromatic nitrogens is 2. The summed E-state index contributed by atoms with van der Waals surface area (Å²) in [6.45, 7) is 7.20. The lowest BCUT2D eigenvalue weighted by Gasteiger charge is -2.26. The quantitative estimate of drug-likeness (QED) is 0.777. The molecule has 0 aliphatic carbocycles. The molecule has 0 unspecified atom stereocenters. The van der Waals surface area contributed by atoms with Crippen LogP contribution in [0.4, 0.5) is 5.82 Å². The van der Waals surface area contributed by atoms with E-state index >= 15 is 0 Å². The summed E-state index contributed by atoms with van der Waals surface area (Å²) < 4.78 is 19.1. The summed E-state index contributed by atoms with van der Waals surface area (Å²) >= 11 is 1.10. The van der Waals surface area contributed by atoms with Gasteiger partial charge >= 0.3 is 0 Å². The van der Waals surface area contributed by atoms with Crippen molar-refractivity contribution in [2.45, 2.75) is 19.9 Å². The van der Waals surface area contributed by atoms with Crippen molar-refractivity contribution >= 4 is 23.3 Å². The van der Waals surface area contributed by atoms with Crippen LogP contribution in [0.1, 0.15) is 13.8 Å². The van der Waals surface area contributed by atoms with Crippen molar-refractivity contribution in [3.05, 3.63) is 0 Å². The summed E-state index contributed by atoms with van der Waals surface area (Å²) in [5, 5.41) is 3.06. The Balaban J connectivity index is 1.84. The Morgan fingerprint density at radius 3 is 2.90 bits per heavy atom. The Labute approximate surface area is 122 Å². The zero-order valence-corrected chi connectivity index (χ0v) is 12.6. The van der Waals surface area contributed by atoms with Crippen molar-refractivity contribution in [3.8, 4) is 5.88 Å². The SMILES string of the molecule is CC(C)NCC(=O)COc1nsnc1N1CCOCC1. The monoisotopic (exact) mass is 300 g/mol. The molecule has 2 heterocycles. The minimum atomic E-state index is -0.000345. The number of Topliss-reactive ketones (excluding diaryl/α,β-unsaturated/α-hetero) is 1. The highest BCUT2D eigenvalue weighted by Gasteiger charge is 2.20. The van der Waals surface area contributed by atoms with Gasteiger partial charge < -0.3 is 19.7 Å². The third kappa shape index (κ3) is 4.39. The number of carbonyl (C=O) groups excluding carboxylic acids is 1. The van der Waals surface area contributed by atoms with E-state index in [0.29, 0.717) is 31.5 Å². The maximum absolute atomic E-state index is 11.7. The standard InChI is InChI=1S/C12H20N4O3S/c1-9(2)13-7-10(17)8-19-12-11(14-20-15-12)16-3-5-18-6-4-16/h9,13H,3-8H2,1-2H3. The number of morpholine rings is 1. The molecule has 7 nitrogen and oxygen atoms in total. The molecule has 8 heteroatoms. The number of hydrogen-bond acceptors (Lipinski definition) is 8. The molecule has 0 bridgehead atoms. The molecule has 112 valence electrons. The summed E-state index contributed by atoms with van der Waals surface area (Å²) in [4.78, 5) is 13.7. The number of nitrogens with one attached hydrogen (secondary N) is 1. The van der Waals surface area contributed by atoms with Gasteiger partial charge in [-0.05, 0) is 0 Å². The molecule has 1 N–H and O–H groups in total. The van der Waals surface area contributed by atoms with Gasteiger partial charge in [0, 0.05) is 19.1 Å². The molecule has 1 aromatic heterocycles. The van der Waals surface area contributed by atoms with E-state index < -0.39 is 0 Å². The summed E-state index contributed by atoms with van der Waals surface area (Å²) in [5.74, 6) is 1.15. The molecule has 0 atom stereocenters. The predicted molar refractivity (Wildman–Crippen MR) is 76.6 cm³/mol. The lowest BCUT2D eigenvalue weighted by molar-refractivity contribution is -0.120. The molecular weight excluding hydrogens is 280 g/mol. The second-order valence-corrected chi connectivity index (χ2v) is 5.38. The average molecular weight is 300 g/mol. The summed E-state index contributed by atoms with van der Waals surface area (Å²) in [7, 11) is 0. The highest BCUT2D eigenvalue weighted by molar-refractivity contribution is 6.99. The second kappa shape index (κ2) is 7.51. The zero-order valence-electron chi connectivity index (χ0n) is 11.8. The molecule has 0 amide bonds. The Hall–Kier alpha value is -1.25. The molecule has 2 rings (SSSR count). The van der Waals surface area contributed by atoms with Crippen molar-refractivity contribution < 1.29 is 14.3 Å². The highest BCUT2D eigenvalue weighted by Crippen LogP contribution is 2.26. The number of rotatable bonds is 7. The zero-order chi connectivity index (χ0) is 14.4. The molecule has 1 saturated heterocycles. The van der Waals surface area contributed by atoms with E-state index in [1.165, 1.54) is 0 Å². The van der Waals surface area contributed by atoms with Gasteiger partial charge in [0.2, 0.25) is 5.82 Å². The molecule has 0 saturated carbocycles. The number of hydrogen-bond donors (Lipinski definition) is 1. The number of ether oxygens (including phenoxy) is 2. The van der Waals surface area contributed by atoms with Gasteiger partial charge in [-0.2, -0.15) is 4.37 Å². The van der Waals surface area contributed by atoms with Crippen LogP contribution in [-0.4, -0.2) is 60.0 Å². The summed E-state index contributed by atoms with van der Waals surface area (Å²) in [6, 6.07) is 0.281. The summed E-state index contributed by atoms with van der Waals surface area (Å²) in [6.07, 6.45) is 0. The molecule has 0 spiro atoms. The van der Waals surface area contributed by atoms with Crippen LogP contribution in [0.2, 0.25) is 0 Å². The second-order valence-electron chi connectivity index (χ2n) is 4.86. The first kappa shape index (κ1) is 15.1. The van der Waals surface area contributed by atoms with E-state index in [0.717, 1.165) is 24.8 Å². The fourth-order valence-electron chi connectivity index (χ4n) is 1.75. The van der Waals surface area contributed by atoms with E-state index in [-0.39, 0.29) is 18.4 Å². The Morgan fingerprint density at radius 1 is 1.45 bits per heavy atom. The third-order valence-electron chi connectivity index (χ3n) is 2.83. The van der Waals surface area contributed by atoms with E-state index in [9.17, 15) is 4.79 Å². The van der Waals surface area contributed by atoms with Crippen LogP contribution in [0.5, 0.6) is 5.88 Å². The van der Waals surface area contributed by atoms with E-state index in [1.54, 1.807) is 0 Å². The highest BCUT2D eigenvalue weighted by atomic mass is 32.1. The van der Waals surface area contributed by atoms with Gasteiger partial charge in [0.15, 0.2) is 5.78 Å². The van der Waals surface area contributed by atoms with Crippen molar-refractivity contribution in [2.24, 2.45) is 0 Å². The predicted octanol–water partition coefficient (Wildman–Crippen LogP) is 0.321. The van der Waals surface area contributed by atoms with Crippen molar-refractivity contribution in [1.82, 2.24) is 14.1 Å². The molecule has 1 aliphatic heterocycles. The smallest absolute Gasteiger partial charge is 0.271 e. The Bertz CT molecular complexity index is 432. The van der Waals surface area contributed by atoms with Gasteiger partial charge in [-0.15, -0.1) is 4.37 Å². The largest absolute Gasteiger partial charge is 0.466 e. The van der Waals surface area contributed by atoms with Gasteiger partial charge in [0.05, 0.1) is 31.5 Å². The van der Waals surface area contributed by atoms with Crippen LogP contribution < -0.4 is 15.0 Å². The normalized spacial score (nSPS) is 15.7. The fraction of sp³-hybridized carbons (Fsp3) is 0.750. The van der Waals surface area contributed by atoms with Crippen molar-refractivity contribution in [1.29, 1.82) is 0 Å². The van der Waals surface area contributed by atoms with Gasteiger partial charge in [0.25, 0.3) is 5.88 Å². The number of nitrogens with zero attached hydrogens (tertiary/aromatic N) is 3. The van der Waals surface area contributed by atoms with Gasteiger partial charge in [-0.3, -0.25) is 4.79 Å². The average Bonchev–Trinajstić information content (AvgIpc) is 2.92. The fourth-order valence-corrected chi connectivity index (χ4v) is 2.27. The number of anilines is 1. The van der Waals surface area contributed by atoms with Crippen LogP contribution in [0.25, 0.3) is 0 Å². The minimum Gasteiger partial charge on any atom is -0.466 e. The molecular formula is C12H20N4O3S. The Kier molecular flexibility index (Phi) is 5.69. The van der Waals surface area contributed by atoms with Gasteiger partial charge in [-0.25, -0.2) is 0 Å². The van der Waals surface area contributed by atoms with Crippen LogP contribution >= 0.6 is 11.7 Å². The maximum atomic E-state index is 11.7. The molecule has 1 aromatic rings. The van der Waals surface area contributed by atoms with Crippen LogP contribution in [0.15, 0.2) is 0 Å². The minimum absolute atomic E-state index is 0.000345. The molecule has 0 aromatic carbocycles. The maximum Gasteiger partial charge on any atom is 0.271 e. The number of ketones is 1. The van der Waals surface area contributed by atoms with Crippen LogP contribution in [-0.2, 0) is 9.53 Å². The van der Waals surface area contributed by atoms with Crippen molar-refractivity contribution in [2.75, 3.05) is 44.4 Å².